The Morgan fingerprint density at radius 1 is 1.31 bits per heavy atom. The predicted octanol–water partition coefficient (Wildman–Crippen LogP) is 3.85. The van der Waals surface area contributed by atoms with Crippen molar-refractivity contribution in [1.29, 1.82) is 0 Å². The number of likely N-dealkylation sites (tertiary alicyclic amines) is 1. The Morgan fingerprint density at radius 2 is 2.04 bits per heavy atom. The number of fused-ring (bicyclic) bond motifs is 1. The first-order valence-electron chi connectivity index (χ1n) is 9.58. The van der Waals surface area contributed by atoms with E-state index < -0.39 is 5.72 Å². The highest BCUT2D eigenvalue weighted by atomic mass is 35.5. The first kappa shape index (κ1) is 17.8. The lowest BCUT2D eigenvalue weighted by Gasteiger charge is -2.45. The summed E-state index contributed by atoms with van der Waals surface area (Å²) in [5, 5.41) is 5.23. The van der Waals surface area contributed by atoms with E-state index in [1.54, 1.807) is 0 Å². The molecule has 26 heavy (non-hydrogen) atoms. The van der Waals surface area contributed by atoms with Gasteiger partial charge in [0.2, 0.25) is 5.72 Å². The molecule has 2 fully saturated rings. The minimum absolute atomic E-state index is 0.104. The molecule has 0 radical (unpaired) electrons. The zero-order valence-corrected chi connectivity index (χ0v) is 15.9. The topological polar surface area (TPSA) is 51.1 Å². The largest absolute Gasteiger partial charge is 0.466 e. The summed E-state index contributed by atoms with van der Waals surface area (Å²) >= 11 is 6.04. The van der Waals surface area contributed by atoms with Gasteiger partial charge in [-0.2, -0.15) is 0 Å². The van der Waals surface area contributed by atoms with Gasteiger partial charge in [-0.05, 0) is 50.3 Å². The molecule has 140 valence electrons. The number of hydrogen-bond donors (Lipinski definition) is 0. The Balaban J connectivity index is 1.63. The van der Waals surface area contributed by atoms with Crippen LogP contribution in [-0.4, -0.2) is 42.0 Å². The van der Waals surface area contributed by atoms with E-state index in [1.165, 1.54) is 0 Å². The number of hydrogen-bond acceptors (Lipinski definition) is 5. The SMILES string of the molecule is CCOC(=O)C1CCC2C(c3ccc(Cl)cc3)=NOC2(N2CCCC2)C1. The molecule has 2 aliphatic heterocycles. The molecule has 5 nitrogen and oxygen atoms in total. The average Bonchev–Trinajstić information content (AvgIpc) is 3.31. The summed E-state index contributed by atoms with van der Waals surface area (Å²) in [4.78, 5) is 20.9. The highest BCUT2D eigenvalue weighted by Gasteiger charge is 2.57. The Kier molecular flexibility index (Phi) is 4.93. The van der Waals surface area contributed by atoms with Crippen LogP contribution in [0.25, 0.3) is 0 Å². The van der Waals surface area contributed by atoms with Gasteiger partial charge in [-0.3, -0.25) is 9.69 Å². The zero-order valence-electron chi connectivity index (χ0n) is 15.1. The van der Waals surface area contributed by atoms with E-state index in [1.807, 2.05) is 31.2 Å². The van der Waals surface area contributed by atoms with Crippen molar-refractivity contribution in [2.24, 2.45) is 17.0 Å². The van der Waals surface area contributed by atoms with Crippen LogP contribution in [0.5, 0.6) is 0 Å². The van der Waals surface area contributed by atoms with Gasteiger partial charge in [0.05, 0.1) is 24.2 Å². The molecule has 0 spiro atoms. The van der Waals surface area contributed by atoms with Gasteiger partial charge in [-0.25, -0.2) is 0 Å². The molecule has 6 heteroatoms. The first-order chi connectivity index (χ1) is 12.6. The quantitative estimate of drug-likeness (QED) is 0.749. The van der Waals surface area contributed by atoms with Crippen LogP contribution in [0.15, 0.2) is 29.4 Å². The molecule has 1 saturated carbocycles. The third-order valence-corrected chi connectivity index (χ3v) is 6.17. The Morgan fingerprint density at radius 3 is 2.73 bits per heavy atom. The monoisotopic (exact) mass is 376 g/mol. The minimum atomic E-state index is -0.513. The minimum Gasteiger partial charge on any atom is -0.466 e. The second-order valence-corrected chi connectivity index (χ2v) is 7.83. The summed E-state index contributed by atoms with van der Waals surface area (Å²) in [6, 6.07) is 7.78. The van der Waals surface area contributed by atoms with E-state index >= 15 is 0 Å². The van der Waals surface area contributed by atoms with Gasteiger partial charge in [0, 0.05) is 24.5 Å². The number of rotatable bonds is 4. The number of ether oxygens (including phenoxy) is 1. The Bertz CT molecular complexity index is 700. The van der Waals surface area contributed by atoms with Gasteiger partial charge in [-0.1, -0.05) is 28.9 Å². The van der Waals surface area contributed by atoms with Crippen LogP contribution in [0.3, 0.4) is 0 Å². The molecule has 3 atom stereocenters. The van der Waals surface area contributed by atoms with Crippen molar-refractivity contribution in [2.75, 3.05) is 19.7 Å². The predicted molar refractivity (Wildman–Crippen MR) is 100 cm³/mol. The summed E-state index contributed by atoms with van der Waals surface area (Å²) in [6.45, 7) is 4.27. The van der Waals surface area contributed by atoms with Crippen LogP contribution in [0, 0.1) is 11.8 Å². The zero-order chi connectivity index (χ0) is 18.1. The maximum Gasteiger partial charge on any atom is 0.309 e. The van der Waals surface area contributed by atoms with Crippen LogP contribution in [0.4, 0.5) is 0 Å². The molecular weight excluding hydrogens is 352 g/mol. The Labute approximate surface area is 159 Å². The van der Waals surface area contributed by atoms with Crippen LogP contribution >= 0.6 is 11.6 Å². The molecule has 0 amide bonds. The third kappa shape index (κ3) is 3.01. The normalized spacial score (nSPS) is 31.2. The maximum absolute atomic E-state index is 12.4. The van der Waals surface area contributed by atoms with E-state index in [2.05, 4.69) is 10.1 Å². The number of carbonyl (C=O) groups is 1. The maximum atomic E-state index is 12.4. The molecule has 4 rings (SSSR count). The molecule has 1 aliphatic carbocycles. The molecule has 3 aliphatic rings. The summed E-state index contributed by atoms with van der Waals surface area (Å²) in [6.07, 6.45) is 4.67. The summed E-state index contributed by atoms with van der Waals surface area (Å²) in [5.74, 6) is -0.0490. The molecule has 1 aromatic rings. The fraction of sp³-hybridized carbons (Fsp3) is 0.600. The molecule has 0 bridgehead atoms. The Hall–Kier alpha value is -1.59. The number of benzene rings is 1. The highest BCUT2D eigenvalue weighted by Crippen LogP contribution is 2.48. The summed E-state index contributed by atoms with van der Waals surface area (Å²) in [7, 11) is 0. The van der Waals surface area contributed by atoms with Crippen molar-refractivity contribution in [3.8, 4) is 0 Å². The fourth-order valence-corrected chi connectivity index (χ4v) is 4.80. The first-order valence-corrected chi connectivity index (χ1v) is 9.95. The van der Waals surface area contributed by atoms with Crippen LogP contribution in [-0.2, 0) is 14.4 Å². The third-order valence-electron chi connectivity index (χ3n) is 5.92. The van der Waals surface area contributed by atoms with E-state index in [9.17, 15) is 4.79 Å². The fourth-order valence-electron chi connectivity index (χ4n) is 4.67. The van der Waals surface area contributed by atoms with Gasteiger partial charge in [-0.15, -0.1) is 0 Å². The molecule has 2 heterocycles. The van der Waals surface area contributed by atoms with Crippen molar-refractivity contribution in [3.63, 3.8) is 0 Å². The second-order valence-electron chi connectivity index (χ2n) is 7.40. The van der Waals surface area contributed by atoms with E-state index in [-0.39, 0.29) is 17.8 Å². The van der Waals surface area contributed by atoms with Gasteiger partial charge in [0.15, 0.2) is 0 Å². The lowest BCUT2D eigenvalue weighted by atomic mass is 9.72. The molecule has 0 aromatic heterocycles. The average molecular weight is 377 g/mol. The summed E-state index contributed by atoms with van der Waals surface area (Å²) in [5.41, 5.74) is 1.52. The van der Waals surface area contributed by atoms with Crippen molar-refractivity contribution in [1.82, 2.24) is 4.90 Å². The number of oxime groups is 1. The number of nitrogens with zero attached hydrogens (tertiary/aromatic N) is 2. The van der Waals surface area contributed by atoms with Gasteiger partial charge in [0.1, 0.15) is 0 Å². The number of halogens is 1. The standard InChI is InChI=1S/C20H25ClN2O3/c1-2-25-19(24)15-7-10-17-18(14-5-8-16(21)9-6-14)22-26-20(17,13-15)23-11-3-4-12-23/h5-6,8-9,15,17H,2-4,7,10-13H2,1H3. The number of carbonyl (C=O) groups excluding carboxylic acids is 1. The van der Waals surface area contributed by atoms with Crippen LogP contribution in [0.2, 0.25) is 5.02 Å². The van der Waals surface area contributed by atoms with E-state index in [4.69, 9.17) is 21.2 Å². The van der Waals surface area contributed by atoms with E-state index in [0.717, 1.165) is 50.0 Å². The molecule has 3 unspecified atom stereocenters. The van der Waals surface area contributed by atoms with E-state index in [0.29, 0.717) is 18.1 Å². The van der Waals surface area contributed by atoms with Crippen LogP contribution < -0.4 is 0 Å². The second kappa shape index (κ2) is 7.20. The molecule has 0 N–H and O–H groups in total. The van der Waals surface area contributed by atoms with Crippen molar-refractivity contribution in [3.05, 3.63) is 34.9 Å². The van der Waals surface area contributed by atoms with Crippen LogP contribution in [0.1, 0.15) is 44.6 Å². The molecule has 1 aromatic carbocycles. The lowest BCUT2D eigenvalue weighted by molar-refractivity contribution is -0.188. The molecule has 1 saturated heterocycles. The lowest BCUT2D eigenvalue weighted by Crippen LogP contribution is -2.57. The van der Waals surface area contributed by atoms with Gasteiger partial charge in [0.25, 0.3) is 0 Å². The van der Waals surface area contributed by atoms with Crippen molar-refractivity contribution < 1.29 is 14.4 Å². The van der Waals surface area contributed by atoms with Gasteiger partial charge < -0.3 is 9.57 Å². The highest BCUT2D eigenvalue weighted by molar-refractivity contribution is 6.30. The molecular formula is C20H25ClN2O3. The smallest absolute Gasteiger partial charge is 0.309 e. The number of esters is 1. The summed E-state index contributed by atoms with van der Waals surface area (Å²) < 4.78 is 5.30. The van der Waals surface area contributed by atoms with Crippen molar-refractivity contribution >= 4 is 23.3 Å². The van der Waals surface area contributed by atoms with Gasteiger partial charge >= 0.3 is 5.97 Å². The van der Waals surface area contributed by atoms with Crippen molar-refractivity contribution in [2.45, 2.75) is 44.8 Å².